The van der Waals surface area contributed by atoms with Crippen LogP contribution in [0.1, 0.15) is 37.7 Å². The molecule has 1 N–H and O–H groups in total. The molecular weight excluding hydrogens is 462 g/mol. The van der Waals surface area contributed by atoms with Gasteiger partial charge >= 0.3 is 0 Å². The van der Waals surface area contributed by atoms with E-state index in [2.05, 4.69) is 20.3 Å². The number of sulfone groups is 1. The van der Waals surface area contributed by atoms with Crippen molar-refractivity contribution in [3.8, 4) is 17.1 Å². The highest BCUT2D eigenvalue weighted by Gasteiger charge is 2.33. The molecule has 3 aromatic rings. The molecule has 0 amide bonds. The Bertz CT molecular complexity index is 1260. The first kappa shape index (κ1) is 24.0. The molecule has 0 spiro atoms. The van der Waals surface area contributed by atoms with Crippen LogP contribution in [0.2, 0.25) is 0 Å². The third-order valence-electron chi connectivity index (χ3n) is 5.60. The van der Waals surface area contributed by atoms with Crippen molar-refractivity contribution >= 4 is 21.5 Å². The van der Waals surface area contributed by atoms with Crippen molar-refractivity contribution in [2.45, 2.75) is 43.5 Å². The molecule has 1 fully saturated rings. The lowest BCUT2D eigenvalue weighted by Gasteiger charge is -2.29. The van der Waals surface area contributed by atoms with Crippen LogP contribution in [0.5, 0.6) is 5.75 Å². The molecule has 180 valence electrons. The highest BCUT2D eigenvalue weighted by molar-refractivity contribution is 7.89. The average molecular weight is 489 g/mol. The fourth-order valence-corrected chi connectivity index (χ4v) is 4.78. The summed E-state index contributed by atoms with van der Waals surface area (Å²) in [5.41, 5.74) is 0.214. The molecule has 0 saturated heterocycles. The Kier molecular flexibility index (Phi) is 7.06. The zero-order valence-electron chi connectivity index (χ0n) is 18.8. The maximum absolute atomic E-state index is 15.0. The molecule has 1 saturated carbocycles. The first-order valence-electron chi connectivity index (χ1n) is 11.0. The average Bonchev–Trinajstić information content (AvgIpc) is 2.78. The van der Waals surface area contributed by atoms with Crippen LogP contribution in [-0.2, 0) is 15.6 Å². The normalized spacial score (nSPS) is 15.6. The quantitative estimate of drug-likeness (QED) is 0.476. The smallest absolute Gasteiger partial charge is 0.230 e. The number of hydrogen-bond acceptors (Lipinski definition) is 7. The molecule has 0 unspecified atom stereocenters. The van der Waals surface area contributed by atoms with E-state index >= 15 is 4.39 Å². The van der Waals surface area contributed by atoms with Crippen LogP contribution in [0.15, 0.2) is 48.8 Å². The fourth-order valence-electron chi connectivity index (χ4n) is 3.99. The first-order chi connectivity index (χ1) is 16.2. The van der Waals surface area contributed by atoms with Gasteiger partial charge < -0.3 is 10.1 Å². The molecule has 4 rings (SSSR count). The Balaban J connectivity index is 1.55. The maximum Gasteiger partial charge on any atom is 0.230 e. The minimum atomic E-state index is -3.18. The fraction of sp³-hybridized carbons (Fsp3) is 0.375. The molecule has 0 bridgehead atoms. The van der Waals surface area contributed by atoms with Crippen molar-refractivity contribution in [1.82, 2.24) is 15.0 Å². The number of benzene rings is 2. The van der Waals surface area contributed by atoms with E-state index in [1.54, 1.807) is 24.3 Å². The van der Waals surface area contributed by atoms with Crippen molar-refractivity contribution in [3.05, 3.63) is 60.2 Å². The Hall–Kier alpha value is -3.14. The molecule has 2 aromatic carbocycles. The third-order valence-corrected chi connectivity index (χ3v) is 6.46. The van der Waals surface area contributed by atoms with Crippen LogP contribution in [0.25, 0.3) is 11.4 Å². The van der Waals surface area contributed by atoms with Crippen LogP contribution < -0.4 is 10.1 Å². The number of halogens is 2. The van der Waals surface area contributed by atoms with Crippen molar-refractivity contribution in [2.75, 3.05) is 18.2 Å². The maximum atomic E-state index is 15.0. The number of nitrogens with one attached hydrogen (secondary N) is 1. The van der Waals surface area contributed by atoms with E-state index in [9.17, 15) is 12.8 Å². The van der Waals surface area contributed by atoms with E-state index in [1.807, 2.05) is 0 Å². The summed E-state index contributed by atoms with van der Waals surface area (Å²) in [6.45, 7) is -0.160. The summed E-state index contributed by atoms with van der Waals surface area (Å²) in [4.78, 5) is 12.7. The number of nitrogens with zero attached hydrogens (tertiary/aromatic N) is 3. The summed E-state index contributed by atoms with van der Waals surface area (Å²) < 4.78 is 57.9. The zero-order chi connectivity index (χ0) is 24.2. The van der Waals surface area contributed by atoms with Crippen LogP contribution in [0, 0.1) is 5.82 Å². The van der Waals surface area contributed by atoms with Gasteiger partial charge in [0.2, 0.25) is 5.95 Å². The Morgan fingerprint density at radius 1 is 1.09 bits per heavy atom. The van der Waals surface area contributed by atoms with Crippen LogP contribution >= 0.6 is 0 Å². The summed E-state index contributed by atoms with van der Waals surface area (Å²) in [7, 11) is -3.18. The van der Waals surface area contributed by atoms with Crippen LogP contribution in [0.4, 0.5) is 20.4 Å². The second-order valence-corrected chi connectivity index (χ2v) is 10.8. The molecule has 7 nitrogen and oxygen atoms in total. The number of alkyl halides is 1. The largest absolute Gasteiger partial charge is 0.489 e. The lowest BCUT2D eigenvalue weighted by atomic mass is 9.87. The van der Waals surface area contributed by atoms with Gasteiger partial charge in [-0.25, -0.2) is 27.2 Å². The van der Waals surface area contributed by atoms with Gasteiger partial charge in [-0.2, -0.15) is 4.98 Å². The first-order valence-corrected chi connectivity index (χ1v) is 13.1. The van der Waals surface area contributed by atoms with Gasteiger partial charge in [-0.05, 0) is 42.7 Å². The minimum Gasteiger partial charge on any atom is -0.489 e. The van der Waals surface area contributed by atoms with E-state index in [0.29, 0.717) is 29.7 Å². The van der Waals surface area contributed by atoms with Crippen LogP contribution in [0.3, 0.4) is 0 Å². The molecule has 1 heterocycles. The van der Waals surface area contributed by atoms with Crippen molar-refractivity contribution < 1.29 is 21.9 Å². The summed E-state index contributed by atoms with van der Waals surface area (Å²) in [6.07, 6.45) is 5.95. The molecule has 0 radical (unpaired) electrons. The van der Waals surface area contributed by atoms with Gasteiger partial charge in [0.15, 0.2) is 15.7 Å². The van der Waals surface area contributed by atoms with Gasteiger partial charge in [0, 0.05) is 18.0 Å². The molecule has 34 heavy (non-hydrogen) atoms. The summed E-state index contributed by atoms with van der Waals surface area (Å²) in [5, 5.41) is 3.03. The monoisotopic (exact) mass is 488 g/mol. The van der Waals surface area contributed by atoms with E-state index in [4.69, 9.17) is 4.74 Å². The lowest BCUT2D eigenvalue weighted by molar-refractivity contribution is 0.0477. The zero-order valence-corrected chi connectivity index (χ0v) is 19.6. The van der Waals surface area contributed by atoms with Gasteiger partial charge in [-0.1, -0.05) is 31.4 Å². The van der Waals surface area contributed by atoms with E-state index < -0.39 is 21.3 Å². The third kappa shape index (κ3) is 6.47. The highest BCUT2D eigenvalue weighted by Crippen LogP contribution is 2.35. The minimum absolute atomic E-state index is 0.0860. The van der Waals surface area contributed by atoms with Crippen molar-refractivity contribution in [1.29, 1.82) is 0 Å². The van der Waals surface area contributed by atoms with Gasteiger partial charge in [-0.15, -0.1) is 0 Å². The van der Waals surface area contributed by atoms with Gasteiger partial charge in [0.1, 0.15) is 30.2 Å². The summed E-state index contributed by atoms with van der Waals surface area (Å²) in [6, 6.07) is 10.9. The number of ether oxygens (including phenoxy) is 1. The van der Waals surface area contributed by atoms with Crippen molar-refractivity contribution in [3.63, 3.8) is 0 Å². The lowest BCUT2D eigenvalue weighted by Crippen LogP contribution is -2.33. The molecule has 0 aliphatic heterocycles. The van der Waals surface area contributed by atoms with Gasteiger partial charge in [0.05, 0.1) is 11.3 Å². The Morgan fingerprint density at radius 2 is 1.88 bits per heavy atom. The number of rotatable bonds is 8. The Labute approximate surface area is 197 Å². The standard InChI is InChI=1S/C24H26F2N4O3S/c1-34(31,32)14-17-6-5-7-19(12-17)29-23-28-16-27-22(30-23)20-9-8-18(25)13-21(20)33-15-24(26)10-3-2-4-11-24/h5-9,12-13,16H,2-4,10-11,14-15H2,1H3,(H,27,28,29,30). The van der Waals surface area contributed by atoms with Gasteiger partial charge in [-0.3, -0.25) is 0 Å². The molecule has 1 aliphatic carbocycles. The summed E-state index contributed by atoms with van der Waals surface area (Å²) in [5.74, 6) is 0.0137. The molecule has 10 heteroatoms. The Morgan fingerprint density at radius 3 is 2.65 bits per heavy atom. The number of anilines is 2. The molecule has 1 aromatic heterocycles. The molecular formula is C24H26F2N4O3S. The molecule has 1 aliphatic rings. The second kappa shape index (κ2) is 10.0. The molecule has 0 atom stereocenters. The van der Waals surface area contributed by atoms with Gasteiger partial charge in [0.25, 0.3) is 0 Å². The topological polar surface area (TPSA) is 94.1 Å². The predicted octanol–water partition coefficient (Wildman–Crippen LogP) is 5.02. The number of aromatic nitrogens is 3. The van der Waals surface area contributed by atoms with Crippen molar-refractivity contribution in [2.24, 2.45) is 0 Å². The highest BCUT2D eigenvalue weighted by atomic mass is 32.2. The van der Waals surface area contributed by atoms with E-state index in [1.165, 1.54) is 30.8 Å². The predicted molar refractivity (Wildman–Crippen MR) is 126 cm³/mol. The van der Waals surface area contributed by atoms with E-state index in [0.717, 1.165) is 19.3 Å². The second-order valence-electron chi connectivity index (χ2n) is 8.67. The number of hydrogen-bond donors (Lipinski definition) is 1. The van der Waals surface area contributed by atoms with E-state index in [-0.39, 0.29) is 29.9 Å². The van der Waals surface area contributed by atoms with Crippen LogP contribution in [-0.4, -0.2) is 41.9 Å². The summed E-state index contributed by atoms with van der Waals surface area (Å²) >= 11 is 0. The SMILES string of the molecule is CS(=O)(=O)Cc1cccc(Nc2ncnc(-c3ccc(F)cc3OCC3(F)CCCCC3)n2)c1.